The maximum atomic E-state index is 12.4. The molecule has 8 nitrogen and oxygen atoms in total. The normalized spacial score (nSPS) is 14.2. The zero-order valence-corrected chi connectivity index (χ0v) is 13.9. The van der Waals surface area contributed by atoms with Crippen molar-refractivity contribution in [2.45, 2.75) is 26.2 Å². The number of hydrogen-bond acceptors (Lipinski definition) is 6. The third-order valence-corrected chi connectivity index (χ3v) is 4.25. The minimum atomic E-state index is -0.520. The molecule has 0 bridgehead atoms. The number of anilines is 2. The summed E-state index contributed by atoms with van der Waals surface area (Å²) in [5, 5.41) is 21.8. The molecule has 1 aromatic carbocycles. The van der Waals surface area contributed by atoms with E-state index in [1.54, 1.807) is 31.2 Å². The zero-order chi connectivity index (χ0) is 17.8. The van der Waals surface area contributed by atoms with Crippen molar-refractivity contribution in [3.8, 4) is 0 Å². The summed E-state index contributed by atoms with van der Waals surface area (Å²) in [6.07, 6.45) is 3.47. The molecule has 1 fully saturated rings. The van der Waals surface area contributed by atoms with Crippen molar-refractivity contribution >= 4 is 23.1 Å². The molecule has 1 amide bonds. The molecule has 2 heterocycles. The fraction of sp³-hybridized carbons (Fsp3) is 0.353. The smallest absolute Gasteiger partial charge is 0.293 e. The lowest BCUT2D eigenvalue weighted by Crippen LogP contribution is -2.30. The molecule has 0 spiro atoms. The van der Waals surface area contributed by atoms with Crippen molar-refractivity contribution in [1.82, 2.24) is 10.2 Å². The molecule has 1 aromatic heterocycles. The summed E-state index contributed by atoms with van der Waals surface area (Å²) in [7, 11) is 0. The van der Waals surface area contributed by atoms with Crippen LogP contribution in [0.3, 0.4) is 0 Å². The Morgan fingerprint density at radius 1 is 1.16 bits per heavy atom. The lowest BCUT2D eigenvalue weighted by Gasteiger charge is -2.27. The van der Waals surface area contributed by atoms with E-state index in [1.165, 1.54) is 12.5 Å². The predicted molar refractivity (Wildman–Crippen MR) is 93.9 cm³/mol. The van der Waals surface area contributed by atoms with Crippen LogP contribution in [0.4, 0.5) is 17.2 Å². The molecule has 1 aliphatic heterocycles. The van der Waals surface area contributed by atoms with Gasteiger partial charge >= 0.3 is 0 Å². The summed E-state index contributed by atoms with van der Waals surface area (Å²) >= 11 is 0. The molecule has 1 aliphatic rings. The van der Waals surface area contributed by atoms with Gasteiger partial charge in [0.15, 0.2) is 11.5 Å². The van der Waals surface area contributed by atoms with Crippen LogP contribution >= 0.6 is 0 Å². The molecule has 0 saturated carbocycles. The maximum absolute atomic E-state index is 12.4. The van der Waals surface area contributed by atoms with E-state index in [1.807, 2.05) is 0 Å². The molecule has 1 N–H and O–H groups in total. The summed E-state index contributed by atoms with van der Waals surface area (Å²) in [6.45, 7) is 3.58. The Hall–Kier alpha value is -3.03. The highest BCUT2D eigenvalue weighted by molar-refractivity contribution is 6.04. The molecule has 0 unspecified atom stereocenters. The zero-order valence-electron chi connectivity index (χ0n) is 13.9. The van der Waals surface area contributed by atoms with Gasteiger partial charge in [0, 0.05) is 19.2 Å². The van der Waals surface area contributed by atoms with Gasteiger partial charge in [0.05, 0.1) is 4.92 Å². The second-order valence-electron chi connectivity index (χ2n) is 6.00. The van der Waals surface area contributed by atoms with Gasteiger partial charge in [-0.05, 0) is 43.9 Å². The number of hydrogen-bond donors (Lipinski definition) is 1. The number of nitro benzene ring substituents is 1. The molecule has 0 aliphatic carbocycles. The van der Waals surface area contributed by atoms with Gasteiger partial charge in [-0.15, -0.1) is 10.2 Å². The third kappa shape index (κ3) is 3.73. The molecular weight excluding hydrogens is 322 g/mol. The minimum Gasteiger partial charge on any atom is -0.355 e. The van der Waals surface area contributed by atoms with Gasteiger partial charge < -0.3 is 10.2 Å². The number of nitrogens with one attached hydrogen (secondary N) is 1. The van der Waals surface area contributed by atoms with Crippen LogP contribution < -0.4 is 10.2 Å². The van der Waals surface area contributed by atoms with Gasteiger partial charge in [-0.1, -0.05) is 12.1 Å². The highest BCUT2D eigenvalue weighted by Gasteiger charge is 2.20. The third-order valence-electron chi connectivity index (χ3n) is 4.25. The Balaban J connectivity index is 1.77. The average molecular weight is 341 g/mol. The molecule has 0 radical (unpaired) electrons. The number of carbonyl (C=O) groups is 1. The first-order valence-electron chi connectivity index (χ1n) is 8.20. The van der Waals surface area contributed by atoms with Gasteiger partial charge in [-0.25, -0.2) is 0 Å². The molecule has 0 atom stereocenters. The van der Waals surface area contributed by atoms with Gasteiger partial charge in [-0.2, -0.15) is 0 Å². The van der Waals surface area contributed by atoms with Crippen LogP contribution in [0.1, 0.15) is 35.3 Å². The Labute approximate surface area is 145 Å². The highest BCUT2D eigenvalue weighted by Crippen LogP contribution is 2.28. The Kier molecular flexibility index (Phi) is 4.87. The van der Waals surface area contributed by atoms with Gasteiger partial charge in [0.1, 0.15) is 5.69 Å². The lowest BCUT2D eigenvalue weighted by atomic mass is 10.1. The lowest BCUT2D eigenvalue weighted by molar-refractivity contribution is -0.383. The summed E-state index contributed by atoms with van der Waals surface area (Å²) < 4.78 is 0. The number of nitrogens with zero attached hydrogens (tertiary/aromatic N) is 4. The molecule has 8 heteroatoms. The molecule has 2 aromatic rings. The number of piperidine rings is 1. The van der Waals surface area contributed by atoms with E-state index >= 15 is 0 Å². The number of para-hydroxylation sites is 1. The molecule has 3 rings (SSSR count). The van der Waals surface area contributed by atoms with Crippen LogP contribution in [0.2, 0.25) is 0 Å². The SMILES string of the molecule is Cc1cccc([N+](=O)[O-])c1NC(=O)c1ccc(N2CCCCC2)nn1. The number of benzene rings is 1. The summed E-state index contributed by atoms with van der Waals surface area (Å²) in [6, 6.07) is 7.99. The molecule has 1 saturated heterocycles. The Morgan fingerprint density at radius 2 is 1.92 bits per heavy atom. The second kappa shape index (κ2) is 7.25. The molecule has 25 heavy (non-hydrogen) atoms. The van der Waals surface area contributed by atoms with E-state index < -0.39 is 10.8 Å². The van der Waals surface area contributed by atoms with Gasteiger partial charge in [0.25, 0.3) is 11.6 Å². The molecular formula is C17H19N5O3. The summed E-state index contributed by atoms with van der Waals surface area (Å²) in [5.74, 6) is 0.230. The van der Waals surface area contributed by atoms with Crippen LogP contribution in [-0.2, 0) is 0 Å². The number of aryl methyl sites for hydroxylation is 1. The van der Waals surface area contributed by atoms with Crippen LogP contribution in [0.5, 0.6) is 0 Å². The summed E-state index contributed by atoms with van der Waals surface area (Å²) in [5.41, 5.74) is 0.768. The number of rotatable bonds is 4. The number of amides is 1. The number of nitro groups is 1. The quantitative estimate of drug-likeness (QED) is 0.678. The highest BCUT2D eigenvalue weighted by atomic mass is 16.6. The van der Waals surface area contributed by atoms with E-state index in [0.29, 0.717) is 5.56 Å². The fourth-order valence-electron chi connectivity index (χ4n) is 2.88. The number of aromatic nitrogens is 2. The standard InChI is InChI=1S/C17H19N5O3/c1-12-6-5-7-14(22(24)25)16(12)18-17(23)13-8-9-15(20-19-13)21-10-3-2-4-11-21/h5-9H,2-4,10-11H2,1H3,(H,18,23). The maximum Gasteiger partial charge on any atom is 0.293 e. The van der Waals surface area contributed by atoms with Crippen molar-refractivity contribution < 1.29 is 9.72 Å². The van der Waals surface area contributed by atoms with Crippen molar-refractivity contribution in [1.29, 1.82) is 0 Å². The van der Waals surface area contributed by atoms with E-state index in [2.05, 4.69) is 20.4 Å². The van der Waals surface area contributed by atoms with Crippen LogP contribution in [0, 0.1) is 17.0 Å². The van der Waals surface area contributed by atoms with E-state index in [4.69, 9.17) is 0 Å². The minimum absolute atomic E-state index is 0.123. The van der Waals surface area contributed by atoms with E-state index in [9.17, 15) is 14.9 Å². The van der Waals surface area contributed by atoms with Crippen molar-refractivity contribution in [2.75, 3.05) is 23.3 Å². The second-order valence-corrected chi connectivity index (χ2v) is 6.00. The van der Waals surface area contributed by atoms with E-state index in [0.717, 1.165) is 31.7 Å². The van der Waals surface area contributed by atoms with Crippen LogP contribution in [0.15, 0.2) is 30.3 Å². The van der Waals surface area contributed by atoms with Crippen LogP contribution in [-0.4, -0.2) is 34.1 Å². The van der Waals surface area contributed by atoms with Crippen molar-refractivity contribution in [3.63, 3.8) is 0 Å². The van der Waals surface area contributed by atoms with E-state index in [-0.39, 0.29) is 17.1 Å². The van der Waals surface area contributed by atoms with Crippen molar-refractivity contribution in [3.05, 3.63) is 51.7 Å². The average Bonchev–Trinajstić information content (AvgIpc) is 2.64. The topological polar surface area (TPSA) is 101 Å². The monoisotopic (exact) mass is 341 g/mol. The van der Waals surface area contributed by atoms with Gasteiger partial charge in [0.2, 0.25) is 0 Å². The largest absolute Gasteiger partial charge is 0.355 e. The first kappa shape index (κ1) is 16.8. The first-order chi connectivity index (χ1) is 12.1. The number of carbonyl (C=O) groups excluding carboxylic acids is 1. The van der Waals surface area contributed by atoms with Crippen molar-refractivity contribution in [2.24, 2.45) is 0 Å². The molecule has 130 valence electrons. The van der Waals surface area contributed by atoms with Gasteiger partial charge in [-0.3, -0.25) is 14.9 Å². The van der Waals surface area contributed by atoms with Crippen LogP contribution in [0.25, 0.3) is 0 Å². The first-order valence-corrected chi connectivity index (χ1v) is 8.20. The Bertz CT molecular complexity index is 785. The Morgan fingerprint density at radius 3 is 2.56 bits per heavy atom. The summed E-state index contributed by atoms with van der Waals surface area (Å²) in [4.78, 5) is 25.1. The fourth-order valence-corrected chi connectivity index (χ4v) is 2.88. The predicted octanol–water partition coefficient (Wildman–Crippen LogP) is 2.94.